The molecule has 0 heterocycles. The maximum atomic E-state index is 8.90. The van der Waals surface area contributed by atoms with E-state index in [4.69, 9.17) is 16.3 Å². The van der Waals surface area contributed by atoms with Gasteiger partial charge in [0.25, 0.3) is 0 Å². The molecule has 1 rings (SSSR count). The van der Waals surface area contributed by atoms with E-state index in [1.807, 2.05) is 32.1 Å². The van der Waals surface area contributed by atoms with Gasteiger partial charge in [0, 0.05) is 0 Å². The van der Waals surface area contributed by atoms with Gasteiger partial charge in [0.2, 0.25) is 0 Å². The predicted octanol–water partition coefficient (Wildman–Crippen LogP) is 1.88. The van der Waals surface area contributed by atoms with Crippen molar-refractivity contribution in [3.05, 3.63) is 28.3 Å². The third kappa shape index (κ3) is 1.41. The van der Waals surface area contributed by atoms with Gasteiger partial charge in [0.05, 0.1) is 16.8 Å². The zero-order chi connectivity index (χ0) is 10.7. The molecule has 0 saturated heterocycles. The standard InChI is InChI=1S/C11H11N3/c1-3-8-4-7(2)9(5-12)11(14)10(8)6-13/h4H,3,14H2,1-2H3. The SMILES string of the molecule is CCc1cc(C)c(C#N)c(N)c1C#N. The van der Waals surface area contributed by atoms with E-state index >= 15 is 0 Å². The van der Waals surface area contributed by atoms with Crippen molar-refractivity contribution in [2.45, 2.75) is 20.3 Å². The monoisotopic (exact) mass is 185 g/mol. The van der Waals surface area contributed by atoms with Gasteiger partial charge in [-0.1, -0.05) is 13.0 Å². The number of nitrogen functional groups attached to an aromatic ring is 1. The van der Waals surface area contributed by atoms with Crippen LogP contribution in [-0.2, 0) is 6.42 Å². The first-order chi connectivity index (χ1) is 6.65. The van der Waals surface area contributed by atoms with E-state index in [1.165, 1.54) is 0 Å². The van der Waals surface area contributed by atoms with Gasteiger partial charge in [0.15, 0.2) is 0 Å². The highest BCUT2D eigenvalue weighted by Gasteiger charge is 2.11. The van der Waals surface area contributed by atoms with Crippen LogP contribution in [0, 0.1) is 29.6 Å². The number of nitrogens with two attached hydrogens (primary N) is 1. The Balaban J connectivity index is 3.60. The Morgan fingerprint density at radius 2 is 1.86 bits per heavy atom. The van der Waals surface area contributed by atoms with Gasteiger partial charge in [-0.05, 0) is 24.5 Å². The summed E-state index contributed by atoms with van der Waals surface area (Å²) in [4.78, 5) is 0. The molecule has 0 aromatic heterocycles. The molecule has 0 aliphatic heterocycles. The van der Waals surface area contributed by atoms with Gasteiger partial charge < -0.3 is 5.73 Å². The number of anilines is 1. The summed E-state index contributed by atoms with van der Waals surface area (Å²) in [5.74, 6) is 0. The Morgan fingerprint density at radius 3 is 2.29 bits per heavy atom. The molecule has 1 aromatic rings. The van der Waals surface area contributed by atoms with Gasteiger partial charge in [-0.3, -0.25) is 0 Å². The molecule has 14 heavy (non-hydrogen) atoms. The number of hydrogen-bond donors (Lipinski definition) is 1. The van der Waals surface area contributed by atoms with Crippen LogP contribution in [0.4, 0.5) is 5.69 Å². The van der Waals surface area contributed by atoms with E-state index in [0.29, 0.717) is 16.8 Å². The summed E-state index contributed by atoms with van der Waals surface area (Å²) in [6, 6.07) is 5.91. The first kappa shape index (κ1) is 10.1. The van der Waals surface area contributed by atoms with Crippen LogP contribution in [0.3, 0.4) is 0 Å². The lowest BCUT2D eigenvalue weighted by Gasteiger charge is -2.08. The van der Waals surface area contributed by atoms with Crippen molar-refractivity contribution in [3.63, 3.8) is 0 Å². The zero-order valence-corrected chi connectivity index (χ0v) is 8.26. The van der Waals surface area contributed by atoms with Gasteiger partial charge in [0.1, 0.15) is 12.1 Å². The van der Waals surface area contributed by atoms with Gasteiger partial charge >= 0.3 is 0 Å². The highest BCUT2D eigenvalue weighted by atomic mass is 14.6. The lowest BCUT2D eigenvalue weighted by molar-refractivity contribution is 1.12. The Morgan fingerprint density at radius 1 is 1.29 bits per heavy atom. The lowest BCUT2D eigenvalue weighted by Crippen LogP contribution is -2.01. The van der Waals surface area contributed by atoms with Crippen LogP contribution in [0.2, 0.25) is 0 Å². The zero-order valence-electron chi connectivity index (χ0n) is 8.26. The quantitative estimate of drug-likeness (QED) is 0.679. The molecule has 0 unspecified atom stereocenters. The van der Waals surface area contributed by atoms with E-state index in [0.717, 1.165) is 17.5 Å². The van der Waals surface area contributed by atoms with E-state index in [1.54, 1.807) is 0 Å². The number of hydrogen-bond acceptors (Lipinski definition) is 3. The van der Waals surface area contributed by atoms with Crippen LogP contribution < -0.4 is 5.73 Å². The minimum Gasteiger partial charge on any atom is -0.397 e. The van der Waals surface area contributed by atoms with E-state index in [9.17, 15) is 0 Å². The predicted molar refractivity (Wildman–Crippen MR) is 54.4 cm³/mol. The number of rotatable bonds is 1. The molecular weight excluding hydrogens is 174 g/mol. The molecule has 0 aliphatic carbocycles. The molecule has 0 bridgehead atoms. The molecule has 0 atom stereocenters. The fraction of sp³-hybridized carbons (Fsp3) is 0.273. The molecule has 2 N–H and O–H groups in total. The normalized spacial score (nSPS) is 9.14. The number of nitrogens with zero attached hydrogens (tertiary/aromatic N) is 2. The summed E-state index contributed by atoms with van der Waals surface area (Å²) in [6.07, 6.45) is 0.750. The van der Waals surface area contributed by atoms with Gasteiger partial charge in [-0.15, -0.1) is 0 Å². The van der Waals surface area contributed by atoms with Crippen molar-refractivity contribution < 1.29 is 0 Å². The maximum absolute atomic E-state index is 8.90. The molecule has 3 heteroatoms. The maximum Gasteiger partial charge on any atom is 0.102 e. The minimum absolute atomic E-state index is 0.312. The van der Waals surface area contributed by atoms with Crippen molar-refractivity contribution in [2.24, 2.45) is 0 Å². The minimum atomic E-state index is 0.312. The summed E-state index contributed by atoms with van der Waals surface area (Å²) >= 11 is 0. The van der Waals surface area contributed by atoms with Crippen molar-refractivity contribution in [1.82, 2.24) is 0 Å². The molecule has 0 radical (unpaired) electrons. The highest BCUT2D eigenvalue weighted by molar-refractivity contribution is 5.68. The van der Waals surface area contributed by atoms with E-state index < -0.39 is 0 Å². The lowest BCUT2D eigenvalue weighted by atomic mass is 9.96. The molecule has 70 valence electrons. The van der Waals surface area contributed by atoms with Crippen LogP contribution in [0.5, 0.6) is 0 Å². The Labute approximate surface area is 83.4 Å². The molecule has 1 aromatic carbocycles. The molecular formula is C11H11N3. The molecule has 0 spiro atoms. The third-order valence-electron chi connectivity index (χ3n) is 2.25. The molecule has 0 amide bonds. The van der Waals surface area contributed by atoms with Crippen molar-refractivity contribution in [1.29, 1.82) is 10.5 Å². The van der Waals surface area contributed by atoms with Crippen molar-refractivity contribution in [2.75, 3.05) is 5.73 Å². The first-order valence-corrected chi connectivity index (χ1v) is 4.37. The van der Waals surface area contributed by atoms with Gasteiger partial charge in [-0.25, -0.2) is 0 Å². The third-order valence-corrected chi connectivity index (χ3v) is 2.25. The average Bonchev–Trinajstić information content (AvgIpc) is 2.17. The van der Waals surface area contributed by atoms with Crippen molar-refractivity contribution in [3.8, 4) is 12.1 Å². The Bertz CT molecular complexity index is 447. The number of nitriles is 2. The fourth-order valence-electron chi connectivity index (χ4n) is 1.48. The summed E-state index contributed by atoms with van der Waals surface area (Å²) < 4.78 is 0. The first-order valence-electron chi connectivity index (χ1n) is 4.37. The van der Waals surface area contributed by atoms with Crippen molar-refractivity contribution >= 4 is 5.69 Å². The van der Waals surface area contributed by atoms with E-state index in [2.05, 4.69) is 0 Å². The second-order valence-electron chi connectivity index (χ2n) is 3.09. The average molecular weight is 185 g/mol. The second kappa shape index (κ2) is 3.81. The number of benzene rings is 1. The largest absolute Gasteiger partial charge is 0.397 e. The van der Waals surface area contributed by atoms with Crippen LogP contribution in [0.1, 0.15) is 29.2 Å². The Hall–Kier alpha value is -2.00. The smallest absolute Gasteiger partial charge is 0.102 e. The summed E-state index contributed by atoms with van der Waals surface area (Å²) in [5.41, 5.74) is 8.64. The number of aryl methyl sites for hydroxylation is 2. The van der Waals surface area contributed by atoms with Crippen LogP contribution in [0.25, 0.3) is 0 Å². The second-order valence-corrected chi connectivity index (χ2v) is 3.09. The summed E-state index contributed by atoms with van der Waals surface area (Å²) in [5, 5.41) is 17.7. The molecule has 0 aliphatic rings. The molecule has 0 saturated carbocycles. The highest BCUT2D eigenvalue weighted by Crippen LogP contribution is 2.24. The van der Waals surface area contributed by atoms with E-state index in [-0.39, 0.29) is 0 Å². The fourth-order valence-corrected chi connectivity index (χ4v) is 1.48. The van der Waals surface area contributed by atoms with Crippen LogP contribution in [0.15, 0.2) is 6.07 Å². The van der Waals surface area contributed by atoms with Gasteiger partial charge in [-0.2, -0.15) is 10.5 Å². The van der Waals surface area contributed by atoms with Crippen LogP contribution in [-0.4, -0.2) is 0 Å². The van der Waals surface area contributed by atoms with Crippen LogP contribution >= 0.6 is 0 Å². The Kier molecular flexibility index (Phi) is 2.74. The summed E-state index contributed by atoms with van der Waals surface area (Å²) in [7, 11) is 0. The molecule has 3 nitrogen and oxygen atoms in total. The topological polar surface area (TPSA) is 73.6 Å². The molecule has 0 fully saturated rings. The summed E-state index contributed by atoms with van der Waals surface area (Å²) in [6.45, 7) is 3.79.